The van der Waals surface area contributed by atoms with Crippen LogP contribution in [0.4, 0.5) is 23.3 Å². The molecule has 16 heteroatoms. The largest absolute Gasteiger partial charge is 0.477 e. The molecular formula is C32H40N12O4. The van der Waals surface area contributed by atoms with E-state index in [1.807, 2.05) is 61.6 Å². The van der Waals surface area contributed by atoms with Crippen molar-refractivity contribution in [3.05, 3.63) is 48.3 Å². The van der Waals surface area contributed by atoms with E-state index in [0.29, 0.717) is 62.2 Å². The Balaban J connectivity index is 0.000000152. The Kier molecular flexibility index (Phi) is 9.07. The Labute approximate surface area is 276 Å². The van der Waals surface area contributed by atoms with Gasteiger partial charge in [-0.05, 0) is 52.7 Å². The van der Waals surface area contributed by atoms with Gasteiger partial charge in [0, 0.05) is 25.6 Å². The summed E-state index contributed by atoms with van der Waals surface area (Å²) in [6.45, 7) is 12.0. The molecule has 0 aromatic carbocycles. The van der Waals surface area contributed by atoms with Crippen molar-refractivity contribution in [1.82, 2.24) is 49.5 Å². The van der Waals surface area contributed by atoms with E-state index in [2.05, 4.69) is 50.7 Å². The summed E-state index contributed by atoms with van der Waals surface area (Å²) in [6, 6.07) is 4.42. The maximum Gasteiger partial charge on any atom is 0.232 e. The molecule has 2 aliphatic heterocycles. The molecule has 252 valence electrons. The molecule has 0 amide bonds. The van der Waals surface area contributed by atoms with Gasteiger partial charge in [0.05, 0.1) is 84.4 Å². The molecule has 6 aromatic rings. The topological polar surface area (TPSA) is 180 Å². The quantitative estimate of drug-likeness (QED) is 0.153. The molecule has 48 heavy (non-hydrogen) atoms. The monoisotopic (exact) mass is 656 g/mol. The summed E-state index contributed by atoms with van der Waals surface area (Å²) in [4.78, 5) is 24.2. The number of rotatable bonds is 10. The number of hydrogen-bond acceptors (Lipinski definition) is 12. The van der Waals surface area contributed by atoms with Gasteiger partial charge in [0.25, 0.3) is 0 Å². The van der Waals surface area contributed by atoms with Gasteiger partial charge in [-0.1, -0.05) is 0 Å². The lowest BCUT2D eigenvalue weighted by atomic mass is 10.2. The lowest BCUT2D eigenvalue weighted by Gasteiger charge is -2.12. The predicted molar refractivity (Wildman–Crippen MR) is 180 cm³/mol. The molecule has 2 saturated heterocycles. The minimum atomic E-state index is 0.298. The number of H-pyrrole nitrogens is 2. The number of anilines is 4. The van der Waals surface area contributed by atoms with Crippen LogP contribution in [0.5, 0.6) is 11.8 Å². The highest BCUT2D eigenvalue weighted by Gasteiger charge is 2.23. The van der Waals surface area contributed by atoms with Crippen LogP contribution in [0.15, 0.2) is 36.9 Å². The second-order valence-corrected chi connectivity index (χ2v) is 11.5. The third-order valence-corrected chi connectivity index (χ3v) is 8.41. The van der Waals surface area contributed by atoms with E-state index >= 15 is 0 Å². The summed E-state index contributed by atoms with van der Waals surface area (Å²) in [5.74, 6) is 2.11. The molecule has 2 unspecified atom stereocenters. The summed E-state index contributed by atoms with van der Waals surface area (Å²) >= 11 is 0. The Bertz CT molecular complexity index is 1840. The van der Waals surface area contributed by atoms with Gasteiger partial charge in [-0.2, -0.15) is 30.1 Å². The van der Waals surface area contributed by atoms with Crippen molar-refractivity contribution >= 4 is 45.3 Å². The minimum absolute atomic E-state index is 0.298. The number of ether oxygens (including phenoxy) is 4. The molecule has 0 aliphatic carbocycles. The lowest BCUT2D eigenvalue weighted by molar-refractivity contribution is 0.184. The van der Waals surface area contributed by atoms with Crippen molar-refractivity contribution in [3.63, 3.8) is 0 Å². The van der Waals surface area contributed by atoms with Crippen LogP contribution in [0.25, 0.3) is 22.1 Å². The molecule has 2 aliphatic rings. The van der Waals surface area contributed by atoms with Gasteiger partial charge in [-0.25, -0.2) is 0 Å². The fourth-order valence-corrected chi connectivity index (χ4v) is 5.93. The fourth-order valence-electron chi connectivity index (χ4n) is 5.93. The molecule has 8 heterocycles. The highest BCUT2D eigenvalue weighted by molar-refractivity contribution is 5.83. The summed E-state index contributed by atoms with van der Waals surface area (Å²) < 4.78 is 26.2. The van der Waals surface area contributed by atoms with Gasteiger partial charge in [0.15, 0.2) is 0 Å². The van der Waals surface area contributed by atoms with Crippen molar-refractivity contribution in [1.29, 1.82) is 0 Å². The van der Waals surface area contributed by atoms with Gasteiger partial charge in [0.2, 0.25) is 23.7 Å². The van der Waals surface area contributed by atoms with E-state index < -0.39 is 0 Å². The number of aromatic nitrogens is 10. The highest BCUT2D eigenvalue weighted by atomic mass is 16.5. The fraction of sp³-hybridized carbons (Fsp3) is 0.438. The molecule has 0 bridgehead atoms. The number of nitrogens with one attached hydrogen (secondary N) is 4. The van der Waals surface area contributed by atoms with Crippen molar-refractivity contribution in [2.75, 3.05) is 50.3 Å². The van der Waals surface area contributed by atoms with Gasteiger partial charge >= 0.3 is 0 Å². The zero-order chi connectivity index (χ0) is 33.0. The molecule has 0 radical (unpaired) electrons. The molecule has 6 aromatic heterocycles. The normalized spacial score (nSPS) is 17.5. The standard InChI is InChI=1S/2C16H20N6O2/c2*1-3-24-15-12-4-6-17-14(12)20-16(21-15)19-13-8-18-22(10(13)2)11-5-7-23-9-11/h2*4,6,8,11H,3,5,7,9H2,1-2H3,(H2,17,19,20,21). The SMILES string of the molecule is CCOc1nc(Nc2cnn(C3CCOC3)c2C)nc2[nH]ccc12.CCOc1nc(Nc2cnn(C3CCOC3)c2C)nc2[nH]ccc12. The first-order valence-corrected chi connectivity index (χ1v) is 16.3. The minimum Gasteiger partial charge on any atom is -0.477 e. The number of nitrogens with zero attached hydrogens (tertiary/aromatic N) is 8. The zero-order valence-electron chi connectivity index (χ0n) is 27.5. The van der Waals surface area contributed by atoms with Crippen LogP contribution >= 0.6 is 0 Å². The lowest BCUT2D eigenvalue weighted by Crippen LogP contribution is -2.12. The predicted octanol–water partition coefficient (Wildman–Crippen LogP) is 5.13. The maximum absolute atomic E-state index is 5.62. The van der Waals surface area contributed by atoms with E-state index in [4.69, 9.17) is 18.9 Å². The van der Waals surface area contributed by atoms with E-state index in [1.165, 1.54) is 0 Å². The van der Waals surface area contributed by atoms with Crippen molar-refractivity contribution in [2.45, 2.75) is 52.6 Å². The third kappa shape index (κ3) is 6.35. The summed E-state index contributed by atoms with van der Waals surface area (Å²) in [6.07, 6.45) is 9.24. The Morgan fingerprint density at radius 2 is 1.19 bits per heavy atom. The van der Waals surface area contributed by atoms with E-state index in [1.54, 1.807) is 12.4 Å². The first-order valence-electron chi connectivity index (χ1n) is 16.3. The van der Waals surface area contributed by atoms with Crippen LogP contribution in [0.3, 0.4) is 0 Å². The van der Waals surface area contributed by atoms with E-state index in [0.717, 1.165) is 70.9 Å². The number of hydrogen-bond donors (Lipinski definition) is 4. The molecule has 4 N–H and O–H groups in total. The zero-order valence-corrected chi connectivity index (χ0v) is 27.5. The number of aromatic amines is 2. The van der Waals surface area contributed by atoms with Crippen molar-refractivity contribution < 1.29 is 18.9 Å². The van der Waals surface area contributed by atoms with Gasteiger partial charge in [-0.3, -0.25) is 9.36 Å². The average Bonchev–Trinajstić information content (AvgIpc) is 3.93. The molecule has 8 rings (SSSR count). The highest BCUT2D eigenvalue weighted by Crippen LogP contribution is 2.30. The Morgan fingerprint density at radius 1 is 0.729 bits per heavy atom. The van der Waals surface area contributed by atoms with Crippen LogP contribution in [-0.4, -0.2) is 89.1 Å². The summed E-state index contributed by atoms with van der Waals surface area (Å²) in [5, 5.41) is 17.2. The van der Waals surface area contributed by atoms with E-state index in [-0.39, 0.29) is 0 Å². The van der Waals surface area contributed by atoms with Crippen LogP contribution in [-0.2, 0) is 9.47 Å². The first-order chi connectivity index (χ1) is 23.5. The van der Waals surface area contributed by atoms with Crippen LogP contribution < -0.4 is 20.1 Å². The van der Waals surface area contributed by atoms with E-state index in [9.17, 15) is 0 Å². The molecule has 16 nitrogen and oxygen atoms in total. The van der Waals surface area contributed by atoms with Crippen LogP contribution in [0, 0.1) is 13.8 Å². The van der Waals surface area contributed by atoms with Gasteiger partial charge in [0.1, 0.15) is 11.3 Å². The van der Waals surface area contributed by atoms with Crippen LogP contribution in [0.1, 0.15) is 50.2 Å². The first kappa shape index (κ1) is 31.4. The Morgan fingerprint density at radius 3 is 1.58 bits per heavy atom. The second kappa shape index (κ2) is 13.9. The molecular weight excluding hydrogens is 616 g/mol. The Hall–Kier alpha value is -5.22. The third-order valence-electron chi connectivity index (χ3n) is 8.41. The molecule has 2 fully saturated rings. The van der Waals surface area contributed by atoms with Crippen molar-refractivity contribution in [2.24, 2.45) is 0 Å². The smallest absolute Gasteiger partial charge is 0.232 e. The summed E-state index contributed by atoms with van der Waals surface area (Å²) in [7, 11) is 0. The molecule has 0 spiro atoms. The second-order valence-electron chi connectivity index (χ2n) is 11.5. The van der Waals surface area contributed by atoms with Crippen molar-refractivity contribution in [3.8, 4) is 11.8 Å². The average molecular weight is 657 g/mol. The number of fused-ring (bicyclic) bond motifs is 2. The maximum atomic E-state index is 5.62. The molecule has 0 saturated carbocycles. The molecule has 2 atom stereocenters. The van der Waals surface area contributed by atoms with Crippen LogP contribution in [0.2, 0.25) is 0 Å². The summed E-state index contributed by atoms with van der Waals surface area (Å²) in [5.41, 5.74) is 5.33. The van der Waals surface area contributed by atoms with Gasteiger partial charge < -0.3 is 39.5 Å². The van der Waals surface area contributed by atoms with Gasteiger partial charge in [-0.15, -0.1) is 0 Å².